The van der Waals surface area contributed by atoms with E-state index in [0.29, 0.717) is 13.3 Å². The number of allylic oxidation sites excluding steroid dienone is 4. The van der Waals surface area contributed by atoms with Gasteiger partial charge in [0.25, 0.3) is 0 Å². The van der Waals surface area contributed by atoms with Crippen LogP contribution in [0, 0.1) is 0 Å². The number of amides is 1. The second-order valence-electron chi connectivity index (χ2n) is 5.67. The number of hydrogen-bond donors (Lipinski definition) is 1. The lowest BCUT2D eigenvalue weighted by atomic mass is 10.0. The summed E-state index contributed by atoms with van der Waals surface area (Å²) < 4.78 is 4.93. The van der Waals surface area contributed by atoms with E-state index < -0.39 is 0 Å². The van der Waals surface area contributed by atoms with Crippen LogP contribution in [0.4, 0.5) is 0 Å². The summed E-state index contributed by atoms with van der Waals surface area (Å²) in [4.78, 5) is 19.0. The Labute approximate surface area is 133 Å². The molecule has 1 amide bonds. The number of carbonyl (C=O) groups is 1. The monoisotopic (exact) mass is 305 g/mol. The fourth-order valence-corrected chi connectivity index (χ4v) is 2.91. The zero-order valence-corrected chi connectivity index (χ0v) is 13.7. The summed E-state index contributed by atoms with van der Waals surface area (Å²) in [7, 11) is 1.61. The minimum absolute atomic E-state index is 0.114. The van der Waals surface area contributed by atoms with E-state index in [0.717, 1.165) is 62.2 Å². The van der Waals surface area contributed by atoms with Gasteiger partial charge < -0.3 is 9.64 Å². The molecule has 2 rings (SSSR count). The van der Waals surface area contributed by atoms with Gasteiger partial charge in [-0.2, -0.15) is 0 Å². The van der Waals surface area contributed by atoms with Crippen LogP contribution >= 0.6 is 0 Å². The number of rotatable bonds is 6. The molecule has 0 aromatic carbocycles. The number of aliphatic imine (C=N–C) groups is 1. The van der Waals surface area contributed by atoms with Gasteiger partial charge in [-0.25, -0.2) is 0 Å². The normalized spacial score (nSPS) is 22.5. The Morgan fingerprint density at radius 3 is 3.00 bits per heavy atom. The van der Waals surface area contributed by atoms with Crippen LogP contribution in [0.3, 0.4) is 0 Å². The topological polar surface area (TPSA) is 53.9 Å². The average molecular weight is 305 g/mol. The molecule has 0 aliphatic carbocycles. The van der Waals surface area contributed by atoms with Crippen molar-refractivity contribution >= 4 is 11.6 Å². The second-order valence-corrected chi connectivity index (χ2v) is 5.67. The van der Waals surface area contributed by atoms with E-state index in [1.165, 1.54) is 0 Å². The Kier molecular flexibility index (Phi) is 6.80. The van der Waals surface area contributed by atoms with E-state index >= 15 is 0 Å². The van der Waals surface area contributed by atoms with Gasteiger partial charge in [0, 0.05) is 25.1 Å². The average Bonchev–Trinajstić information content (AvgIpc) is 3.03. The summed E-state index contributed by atoms with van der Waals surface area (Å²) in [5.41, 5.74) is 3.39. The molecule has 2 heterocycles. The highest BCUT2D eigenvalue weighted by Gasteiger charge is 2.26. The molecule has 1 fully saturated rings. The van der Waals surface area contributed by atoms with Crippen LogP contribution < -0.4 is 5.32 Å². The Balaban J connectivity index is 2.10. The van der Waals surface area contributed by atoms with Crippen LogP contribution in [-0.2, 0) is 9.53 Å². The molecular formula is C17H27N3O2. The van der Waals surface area contributed by atoms with E-state index in [2.05, 4.69) is 24.4 Å². The molecule has 0 aromatic heterocycles. The van der Waals surface area contributed by atoms with Crippen LogP contribution in [0.1, 0.15) is 45.4 Å². The number of likely N-dealkylation sites (tertiary alicyclic amines) is 1. The van der Waals surface area contributed by atoms with Crippen LogP contribution in [0.2, 0.25) is 0 Å². The molecule has 0 radical (unpaired) electrons. The quantitative estimate of drug-likeness (QED) is 0.606. The molecule has 0 saturated carbocycles. The summed E-state index contributed by atoms with van der Waals surface area (Å²) in [6.07, 6.45) is 10.4. The van der Waals surface area contributed by atoms with E-state index in [4.69, 9.17) is 9.73 Å². The molecule has 0 bridgehead atoms. The van der Waals surface area contributed by atoms with Gasteiger partial charge in [-0.3, -0.25) is 15.1 Å². The predicted octanol–water partition coefficient (Wildman–Crippen LogP) is 2.61. The molecular weight excluding hydrogens is 278 g/mol. The van der Waals surface area contributed by atoms with Crippen LogP contribution in [0.25, 0.3) is 0 Å². The zero-order chi connectivity index (χ0) is 15.8. The van der Waals surface area contributed by atoms with Gasteiger partial charge >= 0.3 is 0 Å². The molecule has 1 N–H and O–H groups in total. The van der Waals surface area contributed by atoms with Gasteiger partial charge in [0.1, 0.15) is 0 Å². The fraction of sp³-hybridized carbons (Fsp3) is 0.647. The lowest BCUT2D eigenvalue weighted by Gasteiger charge is -2.22. The molecule has 0 atom stereocenters. The molecule has 22 heavy (non-hydrogen) atoms. The molecule has 0 spiro atoms. The van der Waals surface area contributed by atoms with Crippen molar-refractivity contribution in [2.75, 3.05) is 26.9 Å². The summed E-state index contributed by atoms with van der Waals surface area (Å²) in [6, 6.07) is 0. The second kappa shape index (κ2) is 8.86. The number of hydrogen-bond acceptors (Lipinski definition) is 4. The number of methoxy groups -OCH3 is 1. The largest absolute Gasteiger partial charge is 0.370 e. The highest BCUT2D eigenvalue weighted by atomic mass is 16.5. The third kappa shape index (κ3) is 4.52. The molecule has 1 saturated heterocycles. The maximum atomic E-state index is 12.3. The molecule has 0 aromatic rings. The standard InChI is InChI=1S/C17H27N3O2/c1-3-4-7-14-8-5-9-15(19-14)16-10-6-11-20(16)17(21)12-18-13-22-2/h4,7,18H,3,5-6,8-13H2,1-2H3/b7-4-,16-15-. The maximum absolute atomic E-state index is 12.3. The van der Waals surface area contributed by atoms with Crippen molar-refractivity contribution in [1.82, 2.24) is 10.2 Å². The van der Waals surface area contributed by atoms with Crippen LogP contribution in [0.15, 0.2) is 28.5 Å². The Hall–Kier alpha value is -1.46. The molecule has 0 unspecified atom stereocenters. The van der Waals surface area contributed by atoms with E-state index in [9.17, 15) is 4.79 Å². The van der Waals surface area contributed by atoms with E-state index in [1.54, 1.807) is 7.11 Å². The minimum Gasteiger partial charge on any atom is -0.370 e. The summed E-state index contributed by atoms with van der Waals surface area (Å²) >= 11 is 0. The van der Waals surface area contributed by atoms with Gasteiger partial charge in [0.2, 0.25) is 5.91 Å². The molecule has 122 valence electrons. The number of ether oxygens (including phenoxy) is 1. The van der Waals surface area contributed by atoms with Crippen molar-refractivity contribution in [2.24, 2.45) is 4.99 Å². The third-order valence-corrected chi connectivity index (χ3v) is 3.95. The lowest BCUT2D eigenvalue weighted by Crippen LogP contribution is -2.36. The third-order valence-electron chi connectivity index (χ3n) is 3.95. The van der Waals surface area contributed by atoms with E-state index in [-0.39, 0.29) is 5.91 Å². The van der Waals surface area contributed by atoms with Crippen molar-refractivity contribution in [3.05, 3.63) is 23.5 Å². The van der Waals surface area contributed by atoms with Crippen LogP contribution in [0.5, 0.6) is 0 Å². The van der Waals surface area contributed by atoms with Crippen LogP contribution in [-0.4, -0.2) is 43.4 Å². The molecule has 2 aliphatic heterocycles. The van der Waals surface area contributed by atoms with Crippen molar-refractivity contribution < 1.29 is 9.53 Å². The Morgan fingerprint density at radius 1 is 1.36 bits per heavy atom. The smallest absolute Gasteiger partial charge is 0.240 e. The summed E-state index contributed by atoms with van der Waals surface area (Å²) in [6.45, 7) is 3.65. The SMILES string of the molecule is CC/C=C\C1=NC(=C2/CCCN2C(=O)CNCOC)/CCC1. The number of nitrogens with zero attached hydrogens (tertiary/aromatic N) is 2. The van der Waals surface area contributed by atoms with Gasteiger partial charge in [0.15, 0.2) is 0 Å². The van der Waals surface area contributed by atoms with Gasteiger partial charge in [-0.1, -0.05) is 13.0 Å². The van der Waals surface area contributed by atoms with Gasteiger partial charge in [0.05, 0.1) is 19.0 Å². The zero-order valence-electron chi connectivity index (χ0n) is 13.7. The first kappa shape index (κ1) is 16.9. The number of nitrogens with one attached hydrogen (secondary N) is 1. The van der Waals surface area contributed by atoms with Crippen molar-refractivity contribution in [3.8, 4) is 0 Å². The minimum atomic E-state index is 0.114. The maximum Gasteiger partial charge on any atom is 0.240 e. The first-order valence-electron chi connectivity index (χ1n) is 8.22. The van der Waals surface area contributed by atoms with Gasteiger partial charge in [-0.05, 0) is 44.6 Å². The molecule has 5 heteroatoms. The first-order valence-corrected chi connectivity index (χ1v) is 8.22. The first-order chi connectivity index (χ1) is 10.8. The van der Waals surface area contributed by atoms with Gasteiger partial charge in [-0.15, -0.1) is 0 Å². The fourth-order valence-electron chi connectivity index (χ4n) is 2.91. The van der Waals surface area contributed by atoms with E-state index in [1.807, 2.05) is 4.90 Å². The number of carbonyl (C=O) groups excluding carboxylic acids is 1. The highest BCUT2D eigenvalue weighted by molar-refractivity contribution is 5.96. The van der Waals surface area contributed by atoms with Crippen molar-refractivity contribution in [2.45, 2.75) is 45.4 Å². The summed E-state index contributed by atoms with van der Waals surface area (Å²) in [5, 5.41) is 2.99. The lowest BCUT2D eigenvalue weighted by molar-refractivity contribution is -0.128. The Morgan fingerprint density at radius 2 is 2.23 bits per heavy atom. The highest BCUT2D eigenvalue weighted by Crippen LogP contribution is 2.30. The Bertz CT molecular complexity index is 480. The molecule has 5 nitrogen and oxygen atoms in total. The molecule has 2 aliphatic rings. The van der Waals surface area contributed by atoms with Crippen molar-refractivity contribution in [3.63, 3.8) is 0 Å². The predicted molar refractivity (Wildman–Crippen MR) is 88.6 cm³/mol. The summed E-state index contributed by atoms with van der Waals surface area (Å²) in [5.74, 6) is 0.114. The van der Waals surface area contributed by atoms with Crippen molar-refractivity contribution in [1.29, 1.82) is 0 Å².